The third kappa shape index (κ3) is 1.67. The summed E-state index contributed by atoms with van der Waals surface area (Å²) >= 11 is 4.09. The first-order valence-electron chi connectivity index (χ1n) is 3.94. The standard InChI is InChI=1S/C10H9IOS/c1-6-3-7-4-8(11)5-9(12-2)10(7)13-6/h3-5H,1-2H3. The molecule has 2 aromatic rings. The molecule has 0 aliphatic carbocycles. The summed E-state index contributed by atoms with van der Waals surface area (Å²) in [4.78, 5) is 1.33. The number of ether oxygens (including phenoxy) is 1. The Morgan fingerprint density at radius 3 is 2.77 bits per heavy atom. The highest BCUT2D eigenvalue weighted by Crippen LogP contribution is 2.34. The van der Waals surface area contributed by atoms with Crippen LogP contribution in [0.15, 0.2) is 18.2 Å². The number of benzene rings is 1. The number of fused-ring (bicyclic) bond motifs is 1. The fraction of sp³-hybridized carbons (Fsp3) is 0.200. The lowest BCUT2D eigenvalue weighted by molar-refractivity contribution is 0.420. The predicted molar refractivity (Wildman–Crippen MR) is 65.8 cm³/mol. The van der Waals surface area contributed by atoms with Gasteiger partial charge in [0.05, 0.1) is 11.8 Å². The second-order valence-electron chi connectivity index (χ2n) is 2.88. The monoisotopic (exact) mass is 304 g/mol. The van der Waals surface area contributed by atoms with Crippen LogP contribution in [0.5, 0.6) is 5.75 Å². The molecule has 68 valence electrons. The molecule has 0 bridgehead atoms. The molecule has 1 heterocycles. The molecule has 0 spiro atoms. The number of thiophene rings is 1. The van der Waals surface area contributed by atoms with Crippen LogP contribution >= 0.6 is 33.9 Å². The minimum absolute atomic E-state index is 0.986. The predicted octanol–water partition coefficient (Wildman–Crippen LogP) is 3.82. The van der Waals surface area contributed by atoms with Gasteiger partial charge in [-0.2, -0.15) is 0 Å². The first-order chi connectivity index (χ1) is 6.20. The van der Waals surface area contributed by atoms with E-state index in [-0.39, 0.29) is 0 Å². The van der Waals surface area contributed by atoms with E-state index in [2.05, 4.69) is 47.7 Å². The molecule has 13 heavy (non-hydrogen) atoms. The lowest BCUT2D eigenvalue weighted by atomic mass is 10.2. The molecule has 0 aliphatic rings. The van der Waals surface area contributed by atoms with E-state index in [0.29, 0.717) is 0 Å². The van der Waals surface area contributed by atoms with Gasteiger partial charge in [-0.15, -0.1) is 11.3 Å². The van der Waals surface area contributed by atoms with E-state index in [1.54, 1.807) is 18.4 Å². The fourth-order valence-electron chi connectivity index (χ4n) is 1.37. The molecule has 0 unspecified atom stereocenters. The largest absolute Gasteiger partial charge is 0.495 e. The van der Waals surface area contributed by atoms with Crippen molar-refractivity contribution in [3.05, 3.63) is 26.6 Å². The van der Waals surface area contributed by atoms with Crippen LogP contribution in [0, 0.1) is 10.5 Å². The Labute approximate surface area is 94.9 Å². The zero-order valence-electron chi connectivity index (χ0n) is 7.43. The summed E-state index contributed by atoms with van der Waals surface area (Å²) in [5.41, 5.74) is 0. The molecule has 0 amide bonds. The van der Waals surface area contributed by atoms with E-state index in [1.807, 2.05) is 0 Å². The molecule has 1 aromatic carbocycles. The number of methoxy groups -OCH3 is 1. The third-order valence-corrected chi connectivity index (χ3v) is 3.59. The van der Waals surface area contributed by atoms with Gasteiger partial charge in [0.2, 0.25) is 0 Å². The highest BCUT2D eigenvalue weighted by atomic mass is 127. The van der Waals surface area contributed by atoms with Gasteiger partial charge < -0.3 is 4.74 Å². The first-order valence-corrected chi connectivity index (χ1v) is 5.84. The van der Waals surface area contributed by atoms with E-state index >= 15 is 0 Å². The summed E-state index contributed by atoms with van der Waals surface area (Å²) < 4.78 is 7.80. The van der Waals surface area contributed by atoms with Gasteiger partial charge >= 0.3 is 0 Å². The summed E-state index contributed by atoms with van der Waals surface area (Å²) in [6, 6.07) is 6.45. The van der Waals surface area contributed by atoms with Gasteiger partial charge in [-0.05, 0) is 53.1 Å². The second kappa shape index (κ2) is 3.46. The van der Waals surface area contributed by atoms with Crippen LogP contribution in [0.2, 0.25) is 0 Å². The van der Waals surface area contributed by atoms with Gasteiger partial charge in [-0.1, -0.05) is 0 Å². The van der Waals surface area contributed by atoms with Crippen LogP contribution in [0.1, 0.15) is 4.88 Å². The van der Waals surface area contributed by atoms with Crippen molar-refractivity contribution in [3.63, 3.8) is 0 Å². The minimum Gasteiger partial charge on any atom is -0.495 e. The van der Waals surface area contributed by atoms with Crippen LogP contribution < -0.4 is 4.74 Å². The van der Waals surface area contributed by atoms with Crippen LogP contribution in [0.3, 0.4) is 0 Å². The zero-order chi connectivity index (χ0) is 9.42. The van der Waals surface area contributed by atoms with Crippen LogP contribution in [-0.2, 0) is 0 Å². The van der Waals surface area contributed by atoms with Crippen LogP contribution in [0.4, 0.5) is 0 Å². The average Bonchev–Trinajstić information content (AvgIpc) is 2.43. The van der Waals surface area contributed by atoms with Crippen molar-refractivity contribution in [2.24, 2.45) is 0 Å². The second-order valence-corrected chi connectivity index (χ2v) is 5.39. The number of aryl methyl sites for hydroxylation is 1. The SMILES string of the molecule is COc1cc(I)cc2cc(C)sc12. The molecule has 1 nitrogen and oxygen atoms in total. The Bertz CT molecular complexity index is 447. The molecule has 0 fully saturated rings. The van der Waals surface area contributed by atoms with Gasteiger partial charge in [0.15, 0.2) is 0 Å². The summed E-state index contributed by atoms with van der Waals surface area (Å²) in [7, 11) is 1.72. The van der Waals surface area contributed by atoms with Crippen molar-refractivity contribution in [3.8, 4) is 5.75 Å². The summed E-state index contributed by atoms with van der Waals surface area (Å²) in [6.07, 6.45) is 0. The van der Waals surface area contributed by atoms with Gasteiger partial charge in [0, 0.05) is 8.45 Å². The molecule has 2 rings (SSSR count). The van der Waals surface area contributed by atoms with E-state index < -0.39 is 0 Å². The maximum atomic E-state index is 5.33. The maximum Gasteiger partial charge on any atom is 0.137 e. The van der Waals surface area contributed by atoms with Crippen molar-refractivity contribution >= 4 is 44.0 Å². The first kappa shape index (κ1) is 9.27. The van der Waals surface area contributed by atoms with Crippen molar-refractivity contribution in [1.29, 1.82) is 0 Å². The van der Waals surface area contributed by atoms with Crippen LogP contribution in [0.25, 0.3) is 10.1 Å². The van der Waals surface area contributed by atoms with Gasteiger partial charge in [-0.25, -0.2) is 0 Å². The van der Waals surface area contributed by atoms with E-state index in [0.717, 1.165) is 5.75 Å². The normalized spacial score (nSPS) is 10.7. The third-order valence-electron chi connectivity index (χ3n) is 1.89. The molecule has 3 heteroatoms. The molecule has 0 atom stereocenters. The Kier molecular flexibility index (Phi) is 2.47. The summed E-state index contributed by atoms with van der Waals surface area (Å²) in [6.45, 7) is 2.12. The summed E-state index contributed by atoms with van der Waals surface area (Å²) in [5, 5.41) is 1.28. The molecule has 0 saturated heterocycles. The Morgan fingerprint density at radius 1 is 1.31 bits per heavy atom. The molecule has 0 saturated carbocycles. The molecular weight excluding hydrogens is 295 g/mol. The minimum atomic E-state index is 0.986. The Balaban J connectivity index is 2.80. The van der Waals surface area contributed by atoms with E-state index in [1.165, 1.54) is 18.5 Å². The smallest absolute Gasteiger partial charge is 0.137 e. The van der Waals surface area contributed by atoms with Crippen molar-refractivity contribution in [2.45, 2.75) is 6.92 Å². The van der Waals surface area contributed by atoms with Gasteiger partial charge in [0.25, 0.3) is 0 Å². The van der Waals surface area contributed by atoms with Crippen molar-refractivity contribution in [1.82, 2.24) is 0 Å². The fourth-order valence-corrected chi connectivity index (χ4v) is 2.97. The lowest BCUT2D eigenvalue weighted by Gasteiger charge is -2.01. The highest BCUT2D eigenvalue weighted by Gasteiger charge is 2.05. The number of rotatable bonds is 1. The zero-order valence-corrected chi connectivity index (χ0v) is 10.4. The molecule has 1 aromatic heterocycles. The molecular formula is C10H9IOS. The molecule has 0 N–H and O–H groups in total. The van der Waals surface area contributed by atoms with E-state index in [4.69, 9.17) is 4.74 Å². The quantitative estimate of drug-likeness (QED) is 0.728. The lowest BCUT2D eigenvalue weighted by Crippen LogP contribution is -1.83. The Morgan fingerprint density at radius 2 is 2.08 bits per heavy atom. The van der Waals surface area contributed by atoms with E-state index in [9.17, 15) is 0 Å². The molecule has 0 aliphatic heterocycles. The number of hydrogen-bond acceptors (Lipinski definition) is 2. The summed E-state index contributed by atoms with van der Waals surface area (Å²) in [5.74, 6) is 0.986. The number of halogens is 1. The van der Waals surface area contributed by atoms with Gasteiger partial charge in [0.1, 0.15) is 5.75 Å². The molecule has 0 radical (unpaired) electrons. The Hall–Kier alpha value is -0.290. The highest BCUT2D eigenvalue weighted by molar-refractivity contribution is 14.1. The van der Waals surface area contributed by atoms with Crippen molar-refractivity contribution < 1.29 is 4.74 Å². The average molecular weight is 304 g/mol. The number of hydrogen-bond donors (Lipinski definition) is 0. The van der Waals surface area contributed by atoms with Crippen LogP contribution in [-0.4, -0.2) is 7.11 Å². The topological polar surface area (TPSA) is 9.23 Å². The maximum absolute atomic E-state index is 5.33. The van der Waals surface area contributed by atoms with Gasteiger partial charge in [-0.3, -0.25) is 0 Å². The van der Waals surface area contributed by atoms with Crippen molar-refractivity contribution in [2.75, 3.05) is 7.11 Å².